The summed E-state index contributed by atoms with van der Waals surface area (Å²) in [5.74, 6) is 0.143. The topological polar surface area (TPSA) is 58.4 Å². The van der Waals surface area contributed by atoms with E-state index in [4.69, 9.17) is 5.73 Å². The van der Waals surface area contributed by atoms with Crippen molar-refractivity contribution in [3.05, 3.63) is 0 Å². The third-order valence-electron chi connectivity index (χ3n) is 2.90. The third-order valence-corrected chi connectivity index (χ3v) is 2.90. The fourth-order valence-corrected chi connectivity index (χ4v) is 1.35. The molecule has 0 aromatic rings. The van der Waals surface area contributed by atoms with Crippen molar-refractivity contribution in [2.45, 2.75) is 51.2 Å². The Hall–Kier alpha value is -0.610. The summed E-state index contributed by atoms with van der Waals surface area (Å²) < 4.78 is 0. The van der Waals surface area contributed by atoms with Crippen molar-refractivity contribution in [2.24, 2.45) is 5.73 Å². The first kappa shape index (κ1) is 12.5. The van der Waals surface area contributed by atoms with Crippen LogP contribution in [0.5, 0.6) is 0 Å². The number of rotatable bonds is 6. The molecule has 4 nitrogen and oxygen atoms in total. The number of carbonyl (C=O) groups excluding carboxylic acids is 1. The quantitative estimate of drug-likeness (QED) is 0.668. The van der Waals surface area contributed by atoms with E-state index in [1.54, 1.807) is 0 Å². The van der Waals surface area contributed by atoms with E-state index in [-0.39, 0.29) is 18.0 Å². The van der Waals surface area contributed by atoms with Gasteiger partial charge in [0.15, 0.2) is 0 Å². The molecule has 0 bridgehead atoms. The molecule has 4 heteroatoms. The number of amides is 1. The van der Waals surface area contributed by atoms with Crippen LogP contribution in [0.3, 0.4) is 0 Å². The molecule has 2 unspecified atom stereocenters. The zero-order chi connectivity index (χ0) is 11.4. The molecule has 1 aliphatic rings. The standard InChI is InChI=1S/C11H23N3O/c1-8(12)6-7-14(3)9(2)11(15)13-10-4-5-10/h8-10H,4-7,12H2,1-3H3,(H,13,15). The normalized spacial score (nSPS) is 20.1. The predicted molar refractivity (Wildman–Crippen MR) is 61.5 cm³/mol. The van der Waals surface area contributed by atoms with Gasteiger partial charge < -0.3 is 11.1 Å². The minimum atomic E-state index is -0.0515. The first-order chi connectivity index (χ1) is 7.00. The third kappa shape index (κ3) is 4.62. The first-order valence-corrected chi connectivity index (χ1v) is 5.77. The van der Waals surface area contributed by atoms with Crippen molar-refractivity contribution in [1.29, 1.82) is 0 Å². The largest absolute Gasteiger partial charge is 0.352 e. The summed E-state index contributed by atoms with van der Waals surface area (Å²) in [5.41, 5.74) is 5.68. The fraction of sp³-hybridized carbons (Fsp3) is 0.909. The van der Waals surface area contributed by atoms with Crippen molar-refractivity contribution < 1.29 is 4.79 Å². The molecule has 88 valence electrons. The molecular formula is C11H23N3O. The van der Waals surface area contributed by atoms with Crippen LogP contribution < -0.4 is 11.1 Å². The van der Waals surface area contributed by atoms with Crippen LogP contribution in [0.1, 0.15) is 33.1 Å². The molecule has 0 aromatic carbocycles. The second-order valence-corrected chi connectivity index (χ2v) is 4.71. The Morgan fingerprint density at radius 2 is 2.13 bits per heavy atom. The van der Waals surface area contributed by atoms with Crippen molar-refractivity contribution >= 4 is 5.91 Å². The highest BCUT2D eigenvalue weighted by molar-refractivity contribution is 5.81. The molecule has 15 heavy (non-hydrogen) atoms. The van der Waals surface area contributed by atoms with E-state index in [0.717, 1.165) is 25.8 Å². The minimum absolute atomic E-state index is 0.0515. The van der Waals surface area contributed by atoms with Gasteiger partial charge in [-0.15, -0.1) is 0 Å². The van der Waals surface area contributed by atoms with Gasteiger partial charge >= 0.3 is 0 Å². The van der Waals surface area contributed by atoms with Gasteiger partial charge in [-0.05, 0) is 40.2 Å². The van der Waals surface area contributed by atoms with Gasteiger partial charge in [-0.3, -0.25) is 9.69 Å². The van der Waals surface area contributed by atoms with Gasteiger partial charge in [-0.1, -0.05) is 0 Å². The second-order valence-electron chi connectivity index (χ2n) is 4.71. The van der Waals surface area contributed by atoms with Crippen molar-refractivity contribution in [3.63, 3.8) is 0 Å². The molecule has 3 N–H and O–H groups in total. The van der Waals surface area contributed by atoms with Gasteiger partial charge in [0.25, 0.3) is 0 Å². The molecular weight excluding hydrogens is 190 g/mol. The highest BCUT2D eigenvalue weighted by Crippen LogP contribution is 2.18. The summed E-state index contributed by atoms with van der Waals surface area (Å²) in [6.07, 6.45) is 3.21. The predicted octanol–water partition coefficient (Wildman–Crippen LogP) is 0.323. The number of carbonyl (C=O) groups is 1. The van der Waals surface area contributed by atoms with Gasteiger partial charge in [-0.25, -0.2) is 0 Å². The average molecular weight is 213 g/mol. The molecule has 1 saturated carbocycles. The summed E-state index contributed by atoms with van der Waals surface area (Å²) >= 11 is 0. The number of nitrogens with one attached hydrogen (secondary N) is 1. The molecule has 0 heterocycles. The Kier molecular flexibility index (Phi) is 4.54. The van der Waals surface area contributed by atoms with Gasteiger partial charge in [0.1, 0.15) is 0 Å². The van der Waals surface area contributed by atoms with E-state index >= 15 is 0 Å². The van der Waals surface area contributed by atoms with E-state index in [0.29, 0.717) is 6.04 Å². The van der Waals surface area contributed by atoms with E-state index in [1.807, 2.05) is 20.9 Å². The first-order valence-electron chi connectivity index (χ1n) is 5.77. The zero-order valence-electron chi connectivity index (χ0n) is 9.99. The van der Waals surface area contributed by atoms with Crippen LogP contribution in [0.2, 0.25) is 0 Å². The number of nitrogens with two attached hydrogens (primary N) is 1. The van der Waals surface area contributed by atoms with E-state index in [1.165, 1.54) is 0 Å². The lowest BCUT2D eigenvalue weighted by molar-refractivity contribution is -0.125. The average Bonchev–Trinajstić information content (AvgIpc) is 2.96. The maximum Gasteiger partial charge on any atom is 0.237 e. The SMILES string of the molecule is CC(N)CCN(C)C(C)C(=O)NC1CC1. The molecule has 1 amide bonds. The summed E-state index contributed by atoms with van der Waals surface area (Å²) in [6.45, 7) is 4.80. The maximum atomic E-state index is 11.7. The molecule has 0 aromatic heterocycles. The van der Waals surface area contributed by atoms with Crippen LogP contribution in [0.15, 0.2) is 0 Å². The lowest BCUT2D eigenvalue weighted by Gasteiger charge is -2.24. The van der Waals surface area contributed by atoms with Crippen molar-refractivity contribution in [2.75, 3.05) is 13.6 Å². The molecule has 2 atom stereocenters. The van der Waals surface area contributed by atoms with Crippen LogP contribution >= 0.6 is 0 Å². The molecule has 1 fully saturated rings. The van der Waals surface area contributed by atoms with Crippen LogP contribution in [-0.4, -0.2) is 42.5 Å². The Labute approximate surface area is 92.2 Å². The van der Waals surface area contributed by atoms with Gasteiger partial charge in [0.05, 0.1) is 6.04 Å². The smallest absolute Gasteiger partial charge is 0.237 e. The lowest BCUT2D eigenvalue weighted by atomic mass is 10.2. The molecule has 0 radical (unpaired) electrons. The number of nitrogens with zero attached hydrogens (tertiary/aromatic N) is 1. The number of hydrogen-bond acceptors (Lipinski definition) is 3. The number of hydrogen-bond donors (Lipinski definition) is 2. The number of likely N-dealkylation sites (N-methyl/N-ethyl adjacent to an activating group) is 1. The summed E-state index contributed by atoms with van der Waals surface area (Å²) in [7, 11) is 1.97. The summed E-state index contributed by atoms with van der Waals surface area (Å²) in [4.78, 5) is 13.8. The molecule has 0 saturated heterocycles. The molecule has 0 aliphatic heterocycles. The van der Waals surface area contributed by atoms with Crippen molar-refractivity contribution in [1.82, 2.24) is 10.2 Å². The summed E-state index contributed by atoms with van der Waals surface area (Å²) in [6, 6.07) is 0.595. The Bertz CT molecular complexity index is 214. The van der Waals surface area contributed by atoms with E-state index in [2.05, 4.69) is 10.2 Å². The van der Waals surface area contributed by atoms with Crippen LogP contribution in [-0.2, 0) is 4.79 Å². The lowest BCUT2D eigenvalue weighted by Crippen LogP contribution is -2.45. The molecule has 0 spiro atoms. The highest BCUT2D eigenvalue weighted by Gasteiger charge is 2.26. The highest BCUT2D eigenvalue weighted by atomic mass is 16.2. The molecule has 1 aliphatic carbocycles. The van der Waals surface area contributed by atoms with E-state index < -0.39 is 0 Å². The Morgan fingerprint density at radius 1 is 1.53 bits per heavy atom. The Balaban J connectivity index is 2.23. The van der Waals surface area contributed by atoms with Crippen molar-refractivity contribution in [3.8, 4) is 0 Å². The van der Waals surface area contributed by atoms with Gasteiger partial charge in [0.2, 0.25) is 5.91 Å². The minimum Gasteiger partial charge on any atom is -0.352 e. The molecule has 1 rings (SSSR count). The second kappa shape index (κ2) is 5.47. The zero-order valence-corrected chi connectivity index (χ0v) is 9.99. The van der Waals surface area contributed by atoms with Gasteiger partial charge in [-0.2, -0.15) is 0 Å². The monoisotopic (exact) mass is 213 g/mol. The summed E-state index contributed by atoms with van der Waals surface area (Å²) in [5, 5.41) is 3.01. The van der Waals surface area contributed by atoms with Crippen LogP contribution in [0.25, 0.3) is 0 Å². The van der Waals surface area contributed by atoms with Gasteiger partial charge in [0, 0.05) is 18.6 Å². The maximum absolute atomic E-state index is 11.7. The van der Waals surface area contributed by atoms with Crippen LogP contribution in [0.4, 0.5) is 0 Å². The van der Waals surface area contributed by atoms with E-state index in [9.17, 15) is 4.79 Å². The van der Waals surface area contributed by atoms with Crippen LogP contribution in [0, 0.1) is 0 Å². The Morgan fingerprint density at radius 3 is 2.60 bits per heavy atom. The fourth-order valence-electron chi connectivity index (χ4n) is 1.35.